The Morgan fingerprint density at radius 2 is 0.938 bits per heavy atom. The lowest BCUT2D eigenvalue weighted by Crippen LogP contribution is -2.11. The summed E-state index contributed by atoms with van der Waals surface area (Å²) in [6, 6.07) is 0. The summed E-state index contributed by atoms with van der Waals surface area (Å²) in [4.78, 5) is 0. The standard InChI is InChI=1S/2C7H16O/c2*1-4-5-6(2)7(3)8/h2*6-8H,4-5H2,1-3H3. The van der Waals surface area contributed by atoms with Crippen molar-refractivity contribution in [3.63, 3.8) is 0 Å². The molecule has 0 radical (unpaired) electrons. The van der Waals surface area contributed by atoms with E-state index in [9.17, 15) is 0 Å². The van der Waals surface area contributed by atoms with Gasteiger partial charge in [-0.15, -0.1) is 0 Å². The van der Waals surface area contributed by atoms with Gasteiger partial charge < -0.3 is 10.2 Å². The van der Waals surface area contributed by atoms with Crippen molar-refractivity contribution in [1.82, 2.24) is 0 Å². The molecule has 0 rings (SSSR count). The summed E-state index contributed by atoms with van der Waals surface area (Å²) in [7, 11) is 0. The molecule has 16 heavy (non-hydrogen) atoms. The van der Waals surface area contributed by atoms with Crippen LogP contribution in [0.1, 0.15) is 67.2 Å². The Kier molecular flexibility index (Phi) is 13.0. The molecule has 0 saturated heterocycles. The average molecular weight is 232 g/mol. The van der Waals surface area contributed by atoms with Crippen molar-refractivity contribution in [2.45, 2.75) is 79.4 Å². The predicted molar refractivity (Wildman–Crippen MR) is 71.5 cm³/mol. The van der Waals surface area contributed by atoms with Crippen molar-refractivity contribution >= 4 is 0 Å². The summed E-state index contributed by atoms with van der Waals surface area (Å²) >= 11 is 0. The maximum atomic E-state index is 8.95. The van der Waals surface area contributed by atoms with Gasteiger partial charge in [-0.2, -0.15) is 0 Å². The molecular weight excluding hydrogens is 200 g/mol. The van der Waals surface area contributed by atoms with Crippen LogP contribution >= 0.6 is 0 Å². The van der Waals surface area contributed by atoms with Gasteiger partial charge in [-0.05, 0) is 38.5 Å². The van der Waals surface area contributed by atoms with Gasteiger partial charge >= 0.3 is 0 Å². The van der Waals surface area contributed by atoms with Gasteiger partial charge in [-0.3, -0.25) is 0 Å². The van der Waals surface area contributed by atoms with Crippen LogP contribution in [-0.2, 0) is 0 Å². The highest BCUT2D eigenvalue weighted by atomic mass is 16.3. The molecule has 0 spiro atoms. The minimum absolute atomic E-state index is 0.130. The van der Waals surface area contributed by atoms with E-state index in [0.717, 1.165) is 12.8 Å². The lowest BCUT2D eigenvalue weighted by Gasteiger charge is -2.11. The van der Waals surface area contributed by atoms with E-state index in [1.54, 1.807) is 0 Å². The van der Waals surface area contributed by atoms with Gasteiger partial charge in [0.1, 0.15) is 0 Å². The summed E-state index contributed by atoms with van der Waals surface area (Å²) < 4.78 is 0. The highest BCUT2D eigenvalue weighted by Crippen LogP contribution is 2.09. The molecule has 0 amide bonds. The Labute approximate surface area is 102 Å². The van der Waals surface area contributed by atoms with Crippen LogP contribution in [0.4, 0.5) is 0 Å². The minimum atomic E-state index is -0.130. The molecule has 0 aliphatic carbocycles. The Hall–Kier alpha value is -0.0800. The Morgan fingerprint density at radius 3 is 1.00 bits per heavy atom. The van der Waals surface area contributed by atoms with Gasteiger partial charge in [0.2, 0.25) is 0 Å². The van der Waals surface area contributed by atoms with Crippen molar-refractivity contribution < 1.29 is 10.2 Å². The molecule has 2 nitrogen and oxygen atoms in total. The number of hydrogen-bond donors (Lipinski definition) is 2. The number of hydrogen-bond acceptors (Lipinski definition) is 2. The molecule has 0 aliphatic rings. The highest BCUT2D eigenvalue weighted by molar-refractivity contribution is 4.57. The lowest BCUT2D eigenvalue weighted by molar-refractivity contribution is 0.129. The fourth-order valence-electron chi connectivity index (χ4n) is 1.39. The largest absolute Gasteiger partial charge is 0.393 e. The number of aliphatic hydroxyl groups excluding tert-OH is 2. The van der Waals surface area contributed by atoms with E-state index in [1.807, 2.05) is 13.8 Å². The molecule has 2 heteroatoms. The van der Waals surface area contributed by atoms with E-state index < -0.39 is 0 Å². The molecule has 2 N–H and O–H groups in total. The fourth-order valence-corrected chi connectivity index (χ4v) is 1.39. The molecule has 0 heterocycles. The van der Waals surface area contributed by atoms with Gasteiger partial charge in [0.25, 0.3) is 0 Å². The third kappa shape index (κ3) is 12.0. The van der Waals surface area contributed by atoms with Crippen LogP contribution in [0.5, 0.6) is 0 Å². The Bertz CT molecular complexity index is 117. The molecule has 0 aromatic rings. The second kappa shape index (κ2) is 11.4. The Morgan fingerprint density at radius 1 is 0.688 bits per heavy atom. The number of aliphatic hydroxyl groups is 2. The van der Waals surface area contributed by atoms with Crippen molar-refractivity contribution in [2.75, 3.05) is 0 Å². The summed E-state index contributed by atoms with van der Waals surface area (Å²) in [6.07, 6.45) is 4.36. The van der Waals surface area contributed by atoms with E-state index in [4.69, 9.17) is 10.2 Å². The van der Waals surface area contributed by atoms with E-state index in [0.29, 0.717) is 11.8 Å². The average Bonchev–Trinajstić information content (AvgIpc) is 2.19. The van der Waals surface area contributed by atoms with Crippen LogP contribution in [0.3, 0.4) is 0 Å². The zero-order chi connectivity index (χ0) is 13.1. The quantitative estimate of drug-likeness (QED) is 0.734. The van der Waals surface area contributed by atoms with Crippen LogP contribution in [0.25, 0.3) is 0 Å². The van der Waals surface area contributed by atoms with Gasteiger partial charge in [-0.25, -0.2) is 0 Å². The van der Waals surface area contributed by atoms with Gasteiger partial charge in [0, 0.05) is 0 Å². The van der Waals surface area contributed by atoms with Crippen LogP contribution in [-0.4, -0.2) is 22.4 Å². The number of rotatable bonds is 6. The SMILES string of the molecule is CCCC(C)C(C)O.CCCC(C)C(C)O. The maximum Gasteiger partial charge on any atom is 0.0537 e. The second-order valence-corrected chi connectivity index (χ2v) is 5.01. The van der Waals surface area contributed by atoms with Crippen molar-refractivity contribution in [3.8, 4) is 0 Å². The van der Waals surface area contributed by atoms with Gasteiger partial charge in [0.05, 0.1) is 12.2 Å². The summed E-state index contributed by atoms with van der Waals surface area (Å²) in [5.74, 6) is 0.944. The molecule has 0 aromatic heterocycles. The molecule has 0 saturated carbocycles. The molecule has 0 aromatic carbocycles. The summed E-state index contributed by atoms with van der Waals surface area (Å²) in [5, 5.41) is 17.9. The lowest BCUT2D eigenvalue weighted by atomic mass is 10.0. The van der Waals surface area contributed by atoms with Crippen molar-refractivity contribution in [3.05, 3.63) is 0 Å². The van der Waals surface area contributed by atoms with E-state index in [2.05, 4.69) is 27.7 Å². The van der Waals surface area contributed by atoms with E-state index >= 15 is 0 Å². The molecule has 0 bridgehead atoms. The molecule has 4 atom stereocenters. The smallest absolute Gasteiger partial charge is 0.0537 e. The molecule has 4 unspecified atom stereocenters. The zero-order valence-corrected chi connectivity index (χ0v) is 12.0. The Balaban J connectivity index is 0. The highest BCUT2D eigenvalue weighted by Gasteiger charge is 2.05. The monoisotopic (exact) mass is 232 g/mol. The van der Waals surface area contributed by atoms with Crippen LogP contribution in [0.15, 0.2) is 0 Å². The minimum Gasteiger partial charge on any atom is -0.393 e. The first-order valence-corrected chi connectivity index (χ1v) is 6.72. The topological polar surface area (TPSA) is 40.5 Å². The summed E-state index contributed by atoms with van der Waals surface area (Å²) in [5.41, 5.74) is 0. The molecule has 0 fully saturated rings. The van der Waals surface area contributed by atoms with Gasteiger partial charge in [-0.1, -0.05) is 40.5 Å². The molecule has 0 aliphatic heterocycles. The van der Waals surface area contributed by atoms with Crippen molar-refractivity contribution in [1.29, 1.82) is 0 Å². The zero-order valence-electron chi connectivity index (χ0n) is 12.0. The van der Waals surface area contributed by atoms with Crippen LogP contribution in [0, 0.1) is 11.8 Å². The van der Waals surface area contributed by atoms with Crippen LogP contribution < -0.4 is 0 Å². The third-order valence-electron chi connectivity index (χ3n) is 3.14. The fraction of sp³-hybridized carbons (Fsp3) is 1.00. The van der Waals surface area contributed by atoms with E-state index in [1.165, 1.54) is 12.8 Å². The van der Waals surface area contributed by atoms with E-state index in [-0.39, 0.29) is 12.2 Å². The first kappa shape index (κ1) is 18.3. The first-order valence-electron chi connectivity index (χ1n) is 6.72. The van der Waals surface area contributed by atoms with Crippen LogP contribution in [0.2, 0.25) is 0 Å². The van der Waals surface area contributed by atoms with Gasteiger partial charge in [0.15, 0.2) is 0 Å². The first-order chi connectivity index (χ1) is 7.36. The molecule has 100 valence electrons. The molecular formula is C14H32O2. The summed E-state index contributed by atoms with van der Waals surface area (Å²) in [6.45, 7) is 12.1. The predicted octanol–water partition coefficient (Wildman–Crippen LogP) is 3.61. The maximum absolute atomic E-state index is 8.95. The third-order valence-corrected chi connectivity index (χ3v) is 3.14. The second-order valence-electron chi connectivity index (χ2n) is 5.01. The normalized spacial score (nSPS) is 18.0. The van der Waals surface area contributed by atoms with Crippen molar-refractivity contribution in [2.24, 2.45) is 11.8 Å².